The molecule has 2 N–H and O–H groups in total. The van der Waals surface area contributed by atoms with E-state index >= 15 is 0 Å². The Morgan fingerprint density at radius 3 is 2.86 bits per heavy atom. The number of hydrogen-bond donors (Lipinski definition) is 1. The van der Waals surface area contributed by atoms with Crippen LogP contribution >= 0.6 is 11.6 Å². The summed E-state index contributed by atoms with van der Waals surface area (Å²) in [6, 6.07) is 4.62. The van der Waals surface area contributed by atoms with Crippen molar-refractivity contribution in [1.29, 1.82) is 0 Å². The average molecular weight is 216 g/mol. The molecule has 14 heavy (non-hydrogen) atoms. The molecule has 1 atom stereocenters. The lowest BCUT2D eigenvalue weighted by molar-refractivity contribution is 0.589. The van der Waals surface area contributed by atoms with Gasteiger partial charge in [-0.25, -0.2) is 4.39 Å². The molecule has 0 saturated carbocycles. The Hall–Kier alpha value is -0.600. The largest absolute Gasteiger partial charge is 0.324 e. The SMILES string of the molecule is CCCCC(N)c1cccc(F)c1Cl. The molecule has 0 aliphatic carbocycles. The lowest BCUT2D eigenvalue weighted by Gasteiger charge is -2.13. The molecular weight excluding hydrogens is 201 g/mol. The quantitative estimate of drug-likeness (QED) is 0.815. The van der Waals surface area contributed by atoms with Gasteiger partial charge in [-0.05, 0) is 18.1 Å². The highest BCUT2D eigenvalue weighted by Gasteiger charge is 2.12. The van der Waals surface area contributed by atoms with E-state index in [1.165, 1.54) is 6.07 Å². The molecule has 0 spiro atoms. The number of rotatable bonds is 4. The molecule has 0 aromatic heterocycles. The van der Waals surface area contributed by atoms with Crippen LogP contribution < -0.4 is 5.73 Å². The maximum Gasteiger partial charge on any atom is 0.142 e. The minimum Gasteiger partial charge on any atom is -0.324 e. The minimum atomic E-state index is -0.392. The Morgan fingerprint density at radius 1 is 1.50 bits per heavy atom. The molecule has 3 heteroatoms. The van der Waals surface area contributed by atoms with E-state index in [2.05, 4.69) is 6.92 Å². The maximum atomic E-state index is 13.1. The monoisotopic (exact) mass is 215 g/mol. The molecule has 0 bridgehead atoms. The molecule has 0 radical (unpaired) electrons. The van der Waals surface area contributed by atoms with Crippen LogP contribution in [-0.4, -0.2) is 0 Å². The first-order valence-corrected chi connectivity index (χ1v) is 5.24. The lowest BCUT2D eigenvalue weighted by atomic mass is 10.0. The van der Waals surface area contributed by atoms with Crippen molar-refractivity contribution in [1.82, 2.24) is 0 Å². The molecular formula is C11H15ClFN. The Balaban J connectivity index is 2.79. The van der Waals surface area contributed by atoms with E-state index in [1.54, 1.807) is 12.1 Å². The van der Waals surface area contributed by atoms with Crippen LogP contribution in [0.25, 0.3) is 0 Å². The van der Waals surface area contributed by atoms with Crippen molar-refractivity contribution in [2.24, 2.45) is 5.73 Å². The maximum absolute atomic E-state index is 13.1. The summed E-state index contributed by atoms with van der Waals surface area (Å²) in [5, 5.41) is 0.163. The summed E-state index contributed by atoms with van der Waals surface area (Å²) in [4.78, 5) is 0. The standard InChI is InChI=1S/C11H15ClFN/c1-2-3-7-10(14)8-5-4-6-9(13)11(8)12/h4-6,10H,2-3,7,14H2,1H3. The first kappa shape index (κ1) is 11.5. The van der Waals surface area contributed by atoms with Gasteiger partial charge in [-0.1, -0.05) is 43.5 Å². The van der Waals surface area contributed by atoms with Crippen LogP contribution in [-0.2, 0) is 0 Å². The van der Waals surface area contributed by atoms with Gasteiger partial charge >= 0.3 is 0 Å². The average Bonchev–Trinajstić information content (AvgIpc) is 2.18. The summed E-state index contributed by atoms with van der Waals surface area (Å²) in [6.07, 6.45) is 2.97. The Kier molecular flexibility index (Phi) is 4.36. The number of halogens is 2. The summed E-state index contributed by atoms with van der Waals surface area (Å²) < 4.78 is 13.1. The van der Waals surface area contributed by atoms with Crippen LogP contribution in [0.4, 0.5) is 4.39 Å². The second kappa shape index (κ2) is 5.32. The van der Waals surface area contributed by atoms with Crippen LogP contribution in [0.15, 0.2) is 18.2 Å². The zero-order chi connectivity index (χ0) is 10.6. The van der Waals surface area contributed by atoms with Crippen LogP contribution in [0, 0.1) is 5.82 Å². The highest BCUT2D eigenvalue weighted by Crippen LogP contribution is 2.26. The molecule has 0 amide bonds. The topological polar surface area (TPSA) is 26.0 Å². The number of hydrogen-bond acceptors (Lipinski definition) is 1. The van der Waals surface area contributed by atoms with Gasteiger partial charge in [0.05, 0.1) is 5.02 Å². The van der Waals surface area contributed by atoms with Crippen molar-refractivity contribution in [3.8, 4) is 0 Å². The minimum absolute atomic E-state index is 0.154. The fourth-order valence-corrected chi connectivity index (χ4v) is 1.65. The molecule has 1 rings (SSSR count). The molecule has 1 aromatic rings. The molecule has 0 saturated heterocycles. The third-order valence-electron chi connectivity index (χ3n) is 2.25. The van der Waals surface area contributed by atoms with Crippen LogP contribution in [0.2, 0.25) is 5.02 Å². The van der Waals surface area contributed by atoms with E-state index < -0.39 is 5.82 Å². The molecule has 0 aliphatic rings. The molecule has 78 valence electrons. The van der Waals surface area contributed by atoms with Crippen molar-refractivity contribution in [3.05, 3.63) is 34.6 Å². The fourth-order valence-electron chi connectivity index (χ4n) is 1.39. The van der Waals surface area contributed by atoms with Crippen molar-refractivity contribution < 1.29 is 4.39 Å². The molecule has 1 nitrogen and oxygen atoms in total. The van der Waals surface area contributed by atoms with E-state index in [-0.39, 0.29) is 11.1 Å². The first-order chi connectivity index (χ1) is 6.66. The molecule has 1 unspecified atom stereocenters. The summed E-state index contributed by atoms with van der Waals surface area (Å²) >= 11 is 5.81. The fraction of sp³-hybridized carbons (Fsp3) is 0.455. The van der Waals surface area contributed by atoms with Gasteiger partial charge in [-0.15, -0.1) is 0 Å². The van der Waals surface area contributed by atoms with E-state index in [1.807, 2.05) is 0 Å². The molecule has 0 heterocycles. The van der Waals surface area contributed by atoms with Gasteiger partial charge in [-0.3, -0.25) is 0 Å². The van der Waals surface area contributed by atoms with Gasteiger partial charge in [-0.2, -0.15) is 0 Å². The number of nitrogens with two attached hydrogens (primary N) is 1. The van der Waals surface area contributed by atoms with E-state index in [9.17, 15) is 4.39 Å². The highest BCUT2D eigenvalue weighted by molar-refractivity contribution is 6.31. The molecule has 0 fully saturated rings. The lowest BCUT2D eigenvalue weighted by Crippen LogP contribution is -2.11. The smallest absolute Gasteiger partial charge is 0.142 e. The van der Waals surface area contributed by atoms with Crippen LogP contribution in [0.1, 0.15) is 37.8 Å². The van der Waals surface area contributed by atoms with Crippen LogP contribution in [0.5, 0.6) is 0 Å². The summed E-state index contributed by atoms with van der Waals surface area (Å²) in [6.45, 7) is 2.10. The second-order valence-corrected chi connectivity index (χ2v) is 3.77. The zero-order valence-electron chi connectivity index (χ0n) is 8.26. The number of benzene rings is 1. The van der Waals surface area contributed by atoms with E-state index in [4.69, 9.17) is 17.3 Å². The van der Waals surface area contributed by atoms with Gasteiger partial charge in [0.2, 0.25) is 0 Å². The Labute approximate surface area is 89.1 Å². The summed E-state index contributed by atoms with van der Waals surface area (Å²) in [5.41, 5.74) is 6.61. The highest BCUT2D eigenvalue weighted by atomic mass is 35.5. The van der Waals surface area contributed by atoms with Crippen LogP contribution in [0.3, 0.4) is 0 Å². The van der Waals surface area contributed by atoms with Gasteiger partial charge in [0.25, 0.3) is 0 Å². The van der Waals surface area contributed by atoms with Crippen molar-refractivity contribution in [2.75, 3.05) is 0 Å². The normalized spacial score (nSPS) is 12.9. The number of unbranched alkanes of at least 4 members (excludes halogenated alkanes) is 1. The van der Waals surface area contributed by atoms with Gasteiger partial charge in [0.15, 0.2) is 0 Å². The van der Waals surface area contributed by atoms with Crippen molar-refractivity contribution >= 4 is 11.6 Å². The Morgan fingerprint density at radius 2 is 2.21 bits per heavy atom. The Bertz CT molecular complexity index is 301. The molecule has 1 aromatic carbocycles. The predicted molar refractivity (Wildman–Crippen MR) is 57.9 cm³/mol. The van der Waals surface area contributed by atoms with Crippen molar-refractivity contribution in [2.45, 2.75) is 32.2 Å². The van der Waals surface area contributed by atoms with E-state index in [0.717, 1.165) is 19.3 Å². The molecule has 0 aliphatic heterocycles. The third kappa shape index (κ3) is 2.69. The zero-order valence-corrected chi connectivity index (χ0v) is 9.02. The van der Waals surface area contributed by atoms with Gasteiger partial charge < -0.3 is 5.73 Å². The first-order valence-electron chi connectivity index (χ1n) is 4.86. The third-order valence-corrected chi connectivity index (χ3v) is 2.65. The second-order valence-electron chi connectivity index (χ2n) is 3.39. The summed E-state index contributed by atoms with van der Waals surface area (Å²) in [7, 11) is 0. The van der Waals surface area contributed by atoms with Crippen molar-refractivity contribution in [3.63, 3.8) is 0 Å². The van der Waals surface area contributed by atoms with Gasteiger partial charge in [0, 0.05) is 6.04 Å². The predicted octanol–water partition coefficient (Wildman–Crippen LogP) is 3.67. The summed E-state index contributed by atoms with van der Waals surface area (Å²) in [5.74, 6) is -0.392. The van der Waals surface area contributed by atoms with Gasteiger partial charge in [0.1, 0.15) is 5.82 Å². The van der Waals surface area contributed by atoms with E-state index in [0.29, 0.717) is 5.56 Å².